The number of hydrogen-bond donors (Lipinski definition) is 1. The third kappa shape index (κ3) is 1.42. The van der Waals surface area contributed by atoms with Gasteiger partial charge >= 0.3 is 0 Å². The Labute approximate surface area is 88.9 Å². The summed E-state index contributed by atoms with van der Waals surface area (Å²) >= 11 is 0. The Morgan fingerprint density at radius 3 is 2.33 bits per heavy atom. The van der Waals surface area contributed by atoms with E-state index in [-0.39, 0.29) is 5.82 Å². The monoisotopic (exact) mass is 206 g/mol. The van der Waals surface area contributed by atoms with Gasteiger partial charge in [0, 0.05) is 18.8 Å². The number of nitrogens with two attached hydrogens (primary N) is 1. The Kier molecular flexibility index (Phi) is 1.96. The van der Waals surface area contributed by atoms with Crippen molar-refractivity contribution >= 4 is 5.69 Å². The fraction of sp³-hybridized carbons (Fsp3) is 0.500. The van der Waals surface area contributed by atoms with Crippen molar-refractivity contribution in [1.82, 2.24) is 0 Å². The van der Waals surface area contributed by atoms with Crippen LogP contribution in [0.1, 0.15) is 0 Å². The van der Waals surface area contributed by atoms with E-state index in [0.29, 0.717) is 0 Å². The van der Waals surface area contributed by atoms with Gasteiger partial charge in [-0.2, -0.15) is 0 Å². The van der Waals surface area contributed by atoms with Crippen molar-refractivity contribution < 1.29 is 4.39 Å². The molecule has 0 spiro atoms. The Morgan fingerprint density at radius 2 is 1.80 bits per heavy atom. The molecule has 80 valence electrons. The van der Waals surface area contributed by atoms with Gasteiger partial charge in [0.15, 0.2) is 0 Å². The second-order valence-corrected chi connectivity index (χ2v) is 4.61. The summed E-state index contributed by atoms with van der Waals surface area (Å²) in [5, 5.41) is 0. The molecule has 1 aromatic carbocycles. The minimum Gasteiger partial charge on any atom is -0.371 e. The van der Waals surface area contributed by atoms with Crippen LogP contribution >= 0.6 is 0 Å². The quantitative estimate of drug-likeness (QED) is 0.794. The highest BCUT2D eigenvalue weighted by atomic mass is 19.1. The van der Waals surface area contributed by atoms with Crippen LogP contribution in [0.2, 0.25) is 0 Å². The summed E-state index contributed by atoms with van der Waals surface area (Å²) in [5.41, 5.74) is 6.80. The molecule has 2 atom stereocenters. The zero-order chi connectivity index (χ0) is 10.4. The number of nitrogens with zero attached hydrogens (tertiary/aromatic N) is 1. The molecular formula is C12H15FN2. The van der Waals surface area contributed by atoms with Crippen molar-refractivity contribution in [3.05, 3.63) is 30.1 Å². The molecule has 2 N–H and O–H groups in total. The number of fused-ring (bicyclic) bond motifs is 1. The van der Waals surface area contributed by atoms with Crippen LogP contribution in [-0.2, 0) is 0 Å². The average Bonchev–Trinajstić information content (AvgIpc) is 2.72. The van der Waals surface area contributed by atoms with E-state index >= 15 is 0 Å². The molecule has 1 saturated carbocycles. The molecular weight excluding hydrogens is 191 g/mol. The summed E-state index contributed by atoms with van der Waals surface area (Å²) in [6.07, 6.45) is 0. The van der Waals surface area contributed by atoms with Crippen LogP contribution in [0.3, 0.4) is 0 Å². The fourth-order valence-corrected chi connectivity index (χ4v) is 2.86. The topological polar surface area (TPSA) is 29.3 Å². The largest absolute Gasteiger partial charge is 0.371 e. The van der Waals surface area contributed by atoms with Crippen molar-refractivity contribution in [3.63, 3.8) is 0 Å². The van der Waals surface area contributed by atoms with Crippen molar-refractivity contribution in [2.24, 2.45) is 23.5 Å². The lowest BCUT2D eigenvalue weighted by Gasteiger charge is -2.21. The normalized spacial score (nSPS) is 32.9. The third-order valence-corrected chi connectivity index (χ3v) is 3.84. The van der Waals surface area contributed by atoms with Crippen molar-refractivity contribution in [2.75, 3.05) is 24.5 Å². The lowest BCUT2D eigenvalue weighted by Crippen LogP contribution is -2.25. The number of benzene rings is 1. The second-order valence-electron chi connectivity index (χ2n) is 4.61. The van der Waals surface area contributed by atoms with Crippen LogP contribution in [0.15, 0.2) is 24.3 Å². The summed E-state index contributed by atoms with van der Waals surface area (Å²) in [4.78, 5) is 2.33. The number of halogens is 1. The van der Waals surface area contributed by atoms with Crippen molar-refractivity contribution in [2.45, 2.75) is 0 Å². The van der Waals surface area contributed by atoms with Gasteiger partial charge in [-0.05, 0) is 48.6 Å². The minimum atomic E-state index is -0.164. The van der Waals surface area contributed by atoms with Crippen LogP contribution in [0.4, 0.5) is 10.1 Å². The van der Waals surface area contributed by atoms with Crippen LogP contribution in [0, 0.1) is 23.6 Å². The molecule has 3 heteroatoms. The Hall–Kier alpha value is -1.09. The molecule has 0 bridgehead atoms. The van der Waals surface area contributed by atoms with Gasteiger partial charge in [-0.1, -0.05) is 0 Å². The molecule has 1 aliphatic carbocycles. The Morgan fingerprint density at radius 1 is 1.20 bits per heavy atom. The van der Waals surface area contributed by atoms with Crippen LogP contribution in [0.5, 0.6) is 0 Å². The van der Waals surface area contributed by atoms with Crippen LogP contribution < -0.4 is 10.6 Å². The van der Waals surface area contributed by atoms with Crippen LogP contribution in [-0.4, -0.2) is 19.6 Å². The molecule has 2 aliphatic rings. The standard InChI is InChI=1S/C12H15FN2/c13-8-1-3-9(4-2-8)15-6-11-10(5-14)12(11)7-15/h1-4,10-12H,5-7,14H2. The lowest BCUT2D eigenvalue weighted by molar-refractivity contribution is 0.625. The fourth-order valence-electron chi connectivity index (χ4n) is 2.86. The zero-order valence-electron chi connectivity index (χ0n) is 8.57. The summed E-state index contributed by atoms with van der Waals surface area (Å²) in [5.74, 6) is 2.17. The highest BCUT2D eigenvalue weighted by molar-refractivity contribution is 5.48. The van der Waals surface area contributed by atoms with E-state index in [1.807, 2.05) is 12.1 Å². The van der Waals surface area contributed by atoms with Gasteiger partial charge in [-0.25, -0.2) is 4.39 Å². The first-order valence-corrected chi connectivity index (χ1v) is 5.50. The maximum atomic E-state index is 12.7. The van der Waals surface area contributed by atoms with Gasteiger partial charge in [0.1, 0.15) is 5.82 Å². The summed E-state index contributed by atoms with van der Waals surface area (Å²) in [6, 6.07) is 6.77. The first-order chi connectivity index (χ1) is 7.29. The average molecular weight is 206 g/mol. The van der Waals surface area contributed by atoms with E-state index in [2.05, 4.69) is 4.90 Å². The molecule has 1 aromatic rings. The number of rotatable bonds is 2. The first-order valence-electron chi connectivity index (χ1n) is 5.50. The van der Waals surface area contributed by atoms with E-state index in [1.165, 1.54) is 12.1 Å². The van der Waals surface area contributed by atoms with Crippen molar-refractivity contribution in [3.8, 4) is 0 Å². The van der Waals surface area contributed by atoms with Gasteiger partial charge in [-0.15, -0.1) is 0 Å². The SMILES string of the molecule is NCC1C2CN(c3ccc(F)cc3)CC12. The minimum absolute atomic E-state index is 0.164. The van der Waals surface area contributed by atoms with Gasteiger partial charge in [0.2, 0.25) is 0 Å². The van der Waals surface area contributed by atoms with Gasteiger partial charge in [-0.3, -0.25) is 0 Å². The maximum absolute atomic E-state index is 12.7. The molecule has 0 amide bonds. The van der Waals surface area contributed by atoms with E-state index in [0.717, 1.165) is 43.1 Å². The van der Waals surface area contributed by atoms with E-state index in [1.54, 1.807) is 0 Å². The van der Waals surface area contributed by atoms with Crippen molar-refractivity contribution in [1.29, 1.82) is 0 Å². The smallest absolute Gasteiger partial charge is 0.123 e. The van der Waals surface area contributed by atoms with Gasteiger partial charge in [0.05, 0.1) is 0 Å². The number of piperidine rings is 1. The zero-order valence-corrected chi connectivity index (χ0v) is 8.57. The lowest BCUT2D eigenvalue weighted by atomic mass is 10.2. The first kappa shape index (κ1) is 9.16. The Bertz CT molecular complexity index is 350. The summed E-state index contributed by atoms with van der Waals surface area (Å²) in [7, 11) is 0. The van der Waals surface area contributed by atoms with Gasteiger partial charge < -0.3 is 10.6 Å². The highest BCUT2D eigenvalue weighted by Crippen LogP contribution is 2.51. The number of anilines is 1. The molecule has 0 aromatic heterocycles. The molecule has 0 radical (unpaired) electrons. The van der Waals surface area contributed by atoms with E-state index in [9.17, 15) is 4.39 Å². The molecule has 1 heterocycles. The van der Waals surface area contributed by atoms with E-state index in [4.69, 9.17) is 5.73 Å². The predicted molar refractivity (Wildman–Crippen MR) is 58.1 cm³/mol. The maximum Gasteiger partial charge on any atom is 0.123 e. The van der Waals surface area contributed by atoms with Gasteiger partial charge in [0.25, 0.3) is 0 Å². The summed E-state index contributed by atoms with van der Waals surface area (Å²) < 4.78 is 12.7. The third-order valence-electron chi connectivity index (χ3n) is 3.84. The van der Waals surface area contributed by atoms with E-state index < -0.39 is 0 Å². The Balaban J connectivity index is 1.69. The predicted octanol–water partition coefficient (Wildman–Crippen LogP) is 1.47. The number of hydrogen-bond acceptors (Lipinski definition) is 2. The molecule has 1 aliphatic heterocycles. The molecule has 2 unspecified atom stereocenters. The molecule has 2 nitrogen and oxygen atoms in total. The molecule has 2 fully saturated rings. The molecule has 1 saturated heterocycles. The summed E-state index contributed by atoms with van der Waals surface area (Å²) in [6.45, 7) is 3.02. The van der Waals surface area contributed by atoms with Crippen LogP contribution in [0.25, 0.3) is 0 Å². The molecule has 15 heavy (non-hydrogen) atoms. The second kappa shape index (κ2) is 3.20. The molecule has 3 rings (SSSR count). The highest BCUT2D eigenvalue weighted by Gasteiger charge is 2.54.